The molecule has 0 unspecified atom stereocenters. The summed E-state index contributed by atoms with van der Waals surface area (Å²) >= 11 is 0. The molecule has 3 nitrogen and oxygen atoms in total. The van der Waals surface area contributed by atoms with Crippen LogP contribution in [0.4, 0.5) is 0 Å². The Morgan fingerprint density at radius 3 is 2.31 bits per heavy atom. The number of rotatable bonds is 3. The normalized spacial score (nSPS) is 33.2. The second-order valence-electron chi connectivity index (χ2n) is 5.56. The third-order valence-corrected chi connectivity index (χ3v) is 4.25. The molecule has 0 amide bonds. The first-order valence-corrected chi connectivity index (χ1v) is 6.79. The Hall–Kier alpha value is -0.120. The second-order valence-corrected chi connectivity index (χ2v) is 5.56. The highest BCUT2D eigenvalue weighted by Crippen LogP contribution is 2.25. The Bertz CT molecular complexity index is 196. The fourth-order valence-electron chi connectivity index (χ4n) is 3.05. The molecular weight excluding hydrogens is 200 g/mol. The molecule has 2 rings (SSSR count). The summed E-state index contributed by atoms with van der Waals surface area (Å²) in [5.74, 6) is 0.882. The van der Waals surface area contributed by atoms with Gasteiger partial charge in [0.05, 0.1) is 0 Å². The van der Waals surface area contributed by atoms with Gasteiger partial charge in [0.15, 0.2) is 0 Å². The van der Waals surface area contributed by atoms with Crippen LogP contribution in [0.2, 0.25) is 0 Å². The van der Waals surface area contributed by atoms with E-state index in [0.717, 1.165) is 25.2 Å². The SMILES string of the molecule is CN(CC1CCC(N)CC1)C1CCOCC1. The second kappa shape index (κ2) is 5.99. The van der Waals surface area contributed by atoms with Crippen LogP contribution in [-0.2, 0) is 4.74 Å². The van der Waals surface area contributed by atoms with E-state index in [0.29, 0.717) is 6.04 Å². The maximum Gasteiger partial charge on any atom is 0.0480 e. The van der Waals surface area contributed by atoms with Crippen molar-refractivity contribution in [2.24, 2.45) is 11.7 Å². The lowest BCUT2D eigenvalue weighted by Gasteiger charge is -2.35. The summed E-state index contributed by atoms with van der Waals surface area (Å²) in [6.45, 7) is 3.16. The molecule has 0 atom stereocenters. The van der Waals surface area contributed by atoms with E-state index < -0.39 is 0 Å². The fourth-order valence-corrected chi connectivity index (χ4v) is 3.05. The zero-order valence-electron chi connectivity index (χ0n) is 10.5. The van der Waals surface area contributed by atoms with Crippen molar-refractivity contribution in [3.8, 4) is 0 Å². The average molecular weight is 226 g/mol. The highest BCUT2D eigenvalue weighted by atomic mass is 16.5. The van der Waals surface area contributed by atoms with E-state index >= 15 is 0 Å². The van der Waals surface area contributed by atoms with Gasteiger partial charge in [0.1, 0.15) is 0 Å². The van der Waals surface area contributed by atoms with E-state index in [1.54, 1.807) is 0 Å². The van der Waals surface area contributed by atoms with Crippen LogP contribution in [0.3, 0.4) is 0 Å². The van der Waals surface area contributed by atoms with E-state index in [1.165, 1.54) is 45.1 Å². The van der Waals surface area contributed by atoms with Crippen molar-refractivity contribution in [2.45, 2.75) is 50.6 Å². The Morgan fingerprint density at radius 2 is 1.69 bits per heavy atom. The third kappa shape index (κ3) is 3.44. The van der Waals surface area contributed by atoms with Crippen LogP contribution in [0.25, 0.3) is 0 Å². The van der Waals surface area contributed by atoms with Gasteiger partial charge in [0.2, 0.25) is 0 Å². The lowest BCUT2D eigenvalue weighted by Crippen LogP contribution is -2.40. The first kappa shape index (κ1) is 12.3. The minimum Gasteiger partial charge on any atom is -0.381 e. The predicted octanol–water partition coefficient (Wildman–Crippen LogP) is 1.61. The molecule has 0 bridgehead atoms. The van der Waals surface area contributed by atoms with Gasteiger partial charge in [-0.2, -0.15) is 0 Å². The highest BCUT2D eigenvalue weighted by Gasteiger charge is 2.24. The fraction of sp³-hybridized carbons (Fsp3) is 1.00. The van der Waals surface area contributed by atoms with Gasteiger partial charge in [-0.25, -0.2) is 0 Å². The molecule has 94 valence electrons. The molecule has 1 heterocycles. The molecule has 16 heavy (non-hydrogen) atoms. The molecule has 3 heteroatoms. The van der Waals surface area contributed by atoms with Crippen molar-refractivity contribution >= 4 is 0 Å². The van der Waals surface area contributed by atoms with Gasteiger partial charge in [-0.3, -0.25) is 0 Å². The quantitative estimate of drug-likeness (QED) is 0.794. The monoisotopic (exact) mass is 226 g/mol. The molecule has 2 aliphatic rings. The molecule has 0 spiro atoms. The highest BCUT2D eigenvalue weighted by molar-refractivity contribution is 4.79. The van der Waals surface area contributed by atoms with Crippen molar-refractivity contribution < 1.29 is 4.74 Å². The van der Waals surface area contributed by atoms with E-state index in [9.17, 15) is 0 Å². The minimum absolute atomic E-state index is 0.477. The van der Waals surface area contributed by atoms with Crippen molar-refractivity contribution in [1.82, 2.24) is 4.90 Å². The van der Waals surface area contributed by atoms with Crippen LogP contribution >= 0.6 is 0 Å². The Labute approximate surface area is 99.3 Å². The Morgan fingerprint density at radius 1 is 1.06 bits per heavy atom. The average Bonchev–Trinajstić information content (AvgIpc) is 2.33. The number of ether oxygens (including phenoxy) is 1. The van der Waals surface area contributed by atoms with Crippen LogP contribution in [0, 0.1) is 5.92 Å². The van der Waals surface area contributed by atoms with Gasteiger partial charge in [0, 0.05) is 31.8 Å². The molecule has 0 aromatic heterocycles. The van der Waals surface area contributed by atoms with Crippen LogP contribution in [0.1, 0.15) is 38.5 Å². The minimum atomic E-state index is 0.477. The molecule has 0 aromatic carbocycles. The first-order chi connectivity index (χ1) is 7.75. The summed E-state index contributed by atoms with van der Waals surface area (Å²) in [7, 11) is 2.28. The zero-order chi connectivity index (χ0) is 11.4. The molecule has 2 fully saturated rings. The summed E-state index contributed by atoms with van der Waals surface area (Å²) in [4.78, 5) is 2.56. The molecule has 0 aromatic rings. The summed E-state index contributed by atoms with van der Waals surface area (Å²) in [5, 5.41) is 0. The molecule has 1 saturated heterocycles. The van der Waals surface area contributed by atoms with Crippen molar-refractivity contribution in [2.75, 3.05) is 26.8 Å². The molecule has 1 saturated carbocycles. The van der Waals surface area contributed by atoms with Crippen molar-refractivity contribution in [1.29, 1.82) is 0 Å². The van der Waals surface area contributed by atoms with Gasteiger partial charge in [-0.05, 0) is 51.5 Å². The third-order valence-electron chi connectivity index (χ3n) is 4.25. The lowest BCUT2D eigenvalue weighted by atomic mass is 9.86. The Balaban J connectivity index is 1.71. The van der Waals surface area contributed by atoms with E-state index in [2.05, 4.69) is 11.9 Å². The maximum atomic E-state index is 5.94. The van der Waals surface area contributed by atoms with Crippen LogP contribution in [-0.4, -0.2) is 43.8 Å². The Kier molecular flexibility index (Phi) is 4.62. The molecule has 0 radical (unpaired) electrons. The topological polar surface area (TPSA) is 38.5 Å². The van der Waals surface area contributed by atoms with Gasteiger partial charge in [0.25, 0.3) is 0 Å². The van der Waals surface area contributed by atoms with Gasteiger partial charge in [-0.1, -0.05) is 0 Å². The van der Waals surface area contributed by atoms with Gasteiger partial charge in [-0.15, -0.1) is 0 Å². The van der Waals surface area contributed by atoms with Gasteiger partial charge >= 0.3 is 0 Å². The zero-order valence-corrected chi connectivity index (χ0v) is 10.5. The van der Waals surface area contributed by atoms with E-state index in [1.807, 2.05) is 0 Å². The first-order valence-electron chi connectivity index (χ1n) is 6.79. The molecule has 1 aliphatic carbocycles. The smallest absolute Gasteiger partial charge is 0.0480 e. The van der Waals surface area contributed by atoms with Crippen LogP contribution < -0.4 is 5.73 Å². The van der Waals surface area contributed by atoms with Crippen LogP contribution in [0.5, 0.6) is 0 Å². The summed E-state index contributed by atoms with van der Waals surface area (Å²) < 4.78 is 5.41. The van der Waals surface area contributed by atoms with Crippen molar-refractivity contribution in [3.05, 3.63) is 0 Å². The van der Waals surface area contributed by atoms with E-state index in [4.69, 9.17) is 10.5 Å². The molecule has 2 N–H and O–H groups in total. The van der Waals surface area contributed by atoms with Crippen LogP contribution in [0.15, 0.2) is 0 Å². The number of hydrogen-bond acceptors (Lipinski definition) is 3. The lowest BCUT2D eigenvalue weighted by molar-refractivity contribution is 0.0359. The number of nitrogens with two attached hydrogens (primary N) is 1. The van der Waals surface area contributed by atoms with Gasteiger partial charge < -0.3 is 15.4 Å². The number of hydrogen-bond donors (Lipinski definition) is 1. The van der Waals surface area contributed by atoms with E-state index in [-0.39, 0.29) is 0 Å². The maximum absolute atomic E-state index is 5.94. The molecule has 1 aliphatic heterocycles. The van der Waals surface area contributed by atoms with Crippen molar-refractivity contribution in [3.63, 3.8) is 0 Å². The number of nitrogens with zero attached hydrogens (tertiary/aromatic N) is 1. The summed E-state index contributed by atoms with van der Waals surface area (Å²) in [5.41, 5.74) is 5.94. The summed E-state index contributed by atoms with van der Waals surface area (Å²) in [6, 6.07) is 1.23. The largest absolute Gasteiger partial charge is 0.381 e. The summed E-state index contributed by atoms with van der Waals surface area (Å²) in [6.07, 6.45) is 7.54. The molecular formula is C13H26N2O. The standard InChI is InChI=1S/C13H26N2O/c1-15(13-6-8-16-9-7-13)10-11-2-4-12(14)5-3-11/h11-13H,2-10,14H2,1H3. The predicted molar refractivity (Wildman–Crippen MR) is 66.4 cm³/mol.